The first kappa shape index (κ1) is 40.4. The monoisotopic (exact) mass is 577 g/mol. The Morgan fingerprint density at radius 3 is 1.51 bits per heavy atom. The van der Waals surface area contributed by atoms with Crippen LogP contribution in [-0.4, -0.2) is 27.4 Å². The molecule has 0 radical (unpaired) electrons. The summed E-state index contributed by atoms with van der Waals surface area (Å²) in [4.78, 5) is 0. The molecular weight excluding hydrogens is 500 g/mol. The molecule has 0 fully saturated rings. The highest BCUT2D eigenvalue weighted by atomic mass is 16.5. The highest BCUT2D eigenvalue weighted by Crippen LogP contribution is 2.43. The third-order valence-corrected chi connectivity index (χ3v) is 9.39. The Morgan fingerprint density at radius 2 is 0.951 bits per heavy atom. The van der Waals surface area contributed by atoms with Gasteiger partial charge in [-0.1, -0.05) is 155 Å². The van der Waals surface area contributed by atoms with Crippen LogP contribution in [0.1, 0.15) is 175 Å². The summed E-state index contributed by atoms with van der Waals surface area (Å²) in [6.07, 6.45) is 43.6. The van der Waals surface area contributed by atoms with E-state index < -0.39 is 0 Å². The lowest BCUT2D eigenvalue weighted by atomic mass is 9.66. The summed E-state index contributed by atoms with van der Waals surface area (Å²) >= 11 is 0. The molecule has 0 saturated heterocycles. The summed E-state index contributed by atoms with van der Waals surface area (Å²) in [6.45, 7) is 6.53. The van der Waals surface area contributed by atoms with Gasteiger partial charge >= 0.3 is 0 Å². The van der Waals surface area contributed by atoms with Crippen LogP contribution in [0.15, 0.2) is 24.3 Å². The summed E-state index contributed by atoms with van der Waals surface area (Å²) in [7, 11) is 3.64. The Kier molecular flexibility index (Phi) is 30.4. The van der Waals surface area contributed by atoms with E-state index in [1.54, 1.807) is 0 Å². The molecule has 244 valence electrons. The molecule has 4 unspecified atom stereocenters. The van der Waals surface area contributed by atoms with Crippen molar-refractivity contribution in [3.05, 3.63) is 24.3 Å². The van der Waals surface area contributed by atoms with Crippen LogP contribution in [0.5, 0.6) is 0 Å². The Labute approximate surface area is 259 Å². The van der Waals surface area contributed by atoms with Gasteiger partial charge in [-0.05, 0) is 68.6 Å². The average molecular weight is 577 g/mol. The molecule has 0 aliphatic heterocycles. The van der Waals surface area contributed by atoms with E-state index in [9.17, 15) is 0 Å². The van der Waals surface area contributed by atoms with Crippen molar-refractivity contribution in [3.63, 3.8) is 0 Å². The van der Waals surface area contributed by atoms with E-state index in [2.05, 4.69) is 38.2 Å². The van der Waals surface area contributed by atoms with Crippen molar-refractivity contribution >= 4 is 0 Å². The zero-order chi connectivity index (χ0) is 28.9. The largest absolute Gasteiger partial charge is 0.385 e. The van der Waals surface area contributed by atoms with Crippen LogP contribution in [0.3, 0.4) is 0 Å². The van der Waals surface area contributed by atoms with Crippen LogP contribution in [0, 0.1) is 23.7 Å². The van der Waals surface area contributed by atoms with Gasteiger partial charge in [-0.3, -0.25) is 0 Å². The van der Waals surface area contributed by atoms with E-state index in [-0.39, 0.29) is 7.43 Å². The van der Waals surface area contributed by atoms with Gasteiger partial charge in [-0.2, -0.15) is 0 Å². The summed E-state index contributed by atoms with van der Waals surface area (Å²) in [5, 5.41) is 0. The smallest absolute Gasteiger partial charge is 0.0462 e. The molecule has 1 rings (SSSR count). The van der Waals surface area contributed by atoms with E-state index in [0.717, 1.165) is 36.9 Å². The molecule has 0 aromatic carbocycles. The predicted molar refractivity (Wildman–Crippen MR) is 185 cm³/mol. The maximum Gasteiger partial charge on any atom is 0.0462 e. The van der Waals surface area contributed by atoms with Crippen molar-refractivity contribution < 1.29 is 9.47 Å². The van der Waals surface area contributed by atoms with Gasteiger partial charge in [0.1, 0.15) is 0 Å². The molecule has 0 spiro atoms. The minimum Gasteiger partial charge on any atom is -0.385 e. The van der Waals surface area contributed by atoms with Crippen LogP contribution in [0.4, 0.5) is 0 Å². The predicted octanol–water partition coefficient (Wildman–Crippen LogP) is 12.9. The van der Waals surface area contributed by atoms with E-state index in [0.29, 0.717) is 0 Å². The number of unbranched alkanes of at least 4 members (excludes halogenated alkanes) is 17. The highest BCUT2D eigenvalue weighted by Gasteiger charge is 2.33. The second-order valence-corrected chi connectivity index (χ2v) is 12.9. The second-order valence-electron chi connectivity index (χ2n) is 12.9. The Hall–Kier alpha value is -0.600. The number of allylic oxidation sites excluding steroid dienone is 4. The summed E-state index contributed by atoms with van der Waals surface area (Å²) < 4.78 is 10.4. The molecule has 4 atom stereocenters. The first-order chi connectivity index (χ1) is 19.8. The zero-order valence-electron chi connectivity index (χ0n) is 27.8. The first-order valence-corrected chi connectivity index (χ1v) is 18.1. The van der Waals surface area contributed by atoms with Gasteiger partial charge in [-0.25, -0.2) is 0 Å². The van der Waals surface area contributed by atoms with Crippen LogP contribution < -0.4 is 0 Å². The fourth-order valence-electron chi connectivity index (χ4n) is 6.87. The minimum atomic E-state index is 0. The fourth-order valence-corrected chi connectivity index (χ4v) is 6.87. The van der Waals surface area contributed by atoms with E-state index in [4.69, 9.17) is 9.47 Å². The van der Waals surface area contributed by atoms with Crippen molar-refractivity contribution in [3.8, 4) is 0 Å². The first-order valence-electron chi connectivity index (χ1n) is 18.1. The van der Waals surface area contributed by atoms with Gasteiger partial charge < -0.3 is 9.47 Å². The third-order valence-electron chi connectivity index (χ3n) is 9.39. The molecule has 41 heavy (non-hydrogen) atoms. The van der Waals surface area contributed by atoms with Crippen LogP contribution >= 0.6 is 0 Å². The molecule has 0 aromatic rings. The van der Waals surface area contributed by atoms with E-state index >= 15 is 0 Å². The normalized spacial score (nSPS) is 20.6. The summed E-state index contributed by atoms with van der Waals surface area (Å²) in [6, 6.07) is 0. The van der Waals surface area contributed by atoms with Crippen LogP contribution in [-0.2, 0) is 9.47 Å². The maximum atomic E-state index is 5.22. The van der Waals surface area contributed by atoms with Gasteiger partial charge in [0.15, 0.2) is 0 Å². The van der Waals surface area contributed by atoms with Crippen molar-refractivity contribution in [2.24, 2.45) is 23.7 Å². The second kappa shape index (κ2) is 30.8. The van der Waals surface area contributed by atoms with Gasteiger partial charge in [0.05, 0.1) is 0 Å². The maximum absolute atomic E-state index is 5.22. The topological polar surface area (TPSA) is 18.5 Å². The molecule has 2 nitrogen and oxygen atoms in total. The molecule has 0 amide bonds. The number of ether oxygens (including phenoxy) is 2. The average Bonchev–Trinajstić information content (AvgIpc) is 2.97. The summed E-state index contributed by atoms with van der Waals surface area (Å²) in [5.74, 6) is 3.18. The number of hydrogen-bond acceptors (Lipinski definition) is 2. The highest BCUT2D eigenvalue weighted by molar-refractivity contribution is 5.10. The van der Waals surface area contributed by atoms with Gasteiger partial charge in [0.2, 0.25) is 0 Å². The molecule has 0 aromatic heterocycles. The van der Waals surface area contributed by atoms with Gasteiger partial charge in [0.25, 0.3) is 0 Å². The number of methoxy groups -OCH3 is 2. The van der Waals surface area contributed by atoms with E-state index in [1.807, 2.05) is 14.2 Å². The molecule has 1 aliphatic rings. The SMILES string of the molecule is C.CCCCCCC1C=CC(CCCCCCCCOC)C(C=CCCCCCCCCOC)C1CCCCCC. The van der Waals surface area contributed by atoms with E-state index in [1.165, 1.54) is 154 Å². The molecule has 2 heteroatoms. The Bertz CT molecular complexity index is 568. The standard InChI is InChI=1S/C38H72O2.CH4/c1-5-7-9-21-27-35-31-32-36(28-22-17-14-16-20-26-34-40-4)38(37(35)29-23-10-8-6-2)30-24-18-13-11-12-15-19-25-33-39-3;/h24,30-32,35-38H,5-23,25-29,33-34H2,1-4H3;1H4. The number of rotatable bonds is 29. The molecule has 0 heterocycles. The van der Waals surface area contributed by atoms with Crippen LogP contribution in [0.2, 0.25) is 0 Å². The fraction of sp³-hybridized carbons (Fsp3) is 0.897. The molecule has 0 N–H and O–H groups in total. The van der Waals surface area contributed by atoms with Crippen molar-refractivity contribution in [1.29, 1.82) is 0 Å². The lowest BCUT2D eigenvalue weighted by Gasteiger charge is -2.39. The lowest BCUT2D eigenvalue weighted by molar-refractivity contribution is 0.191. The quantitative estimate of drug-likeness (QED) is 0.0651. The van der Waals surface area contributed by atoms with Crippen LogP contribution in [0.25, 0.3) is 0 Å². The Balaban J connectivity index is 0.0000160. The Morgan fingerprint density at radius 1 is 0.512 bits per heavy atom. The van der Waals surface area contributed by atoms with Gasteiger partial charge in [-0.15, -0.1) is 0 Å². The zero-order valence-corrected chi connectivity index (χ0v) is 27.8. The molecule has 0 bridgehead atoms. The van der Waals surface area contributed by atoms with Crippen molar-refractivity contribution in [2.45, 2.75) is 175 Å². The van der Waals surface area contributed by atoms with Crippen molar-refractivity contribution in [1.82, 2.24) is 0 Å². The molecule has 1 aliphatic carbocycles. The van der Waals surface area contributed by atoms with Crippen molar-refractivity contribution in [2.75, 3.05) is 27.4 Å². The number of hydrogen-bond donors (Lipinski definition) is 0. The van der Waals surface area contributed by atoms with Gasteiger partial charge in [0, 0.05) is 27.4 Å². The molecule has 0 saturated carbocycles. The molecular formula is C39H76O2. The summed E-state index contributed by atoms with van der Waals surface area (Å²) in [5.41, 5.74) is 0. The lowest BCUT2D eigenvalue weighted by Crippen LogP contribution is -2.30. The minimum absolute atomic E-state index is 0. The third kappa shape index (κ3) is 21.7.